The molecule has 0 spiro atoms. The van der Waals surface area contributed by atoms with E-state index in [-0.39, 0.29) is 12.3 Å². The van der Waals surface area contributed by atoms with Crippen molar-refractivity contribution in [3.63, 3.8) is 0 Å². The molecule has 0 fully saturated rings. The Morgan fingerprint density at radius 1 is 1.57 bits per heavy atom. The lowest BCUT2D eigenvalue weighted by Gasteiger charge is -1.51. The summed E-state index contributed by atoms with van der Waals surface area (Å²) in [5.74, 6) is 0. The van der Waals surface area contributed by atoms with Crippen molar-refractivity contribution in [2.45, 2.75) is 0 Å². The van der Waals surface area contributed by atoms with Crippen molar-refractivity contribution in [2.24, 2.45) is 0 Å². The molecule has 0 atom stereocenters. The number of carbonyl (C=O) groups is 1. The molecule has 0 aromatic heterocycles. The molecule has 4 heteroatoms. The smallest absolute Gasteiger partial charge is 0.152 e. The minimum atomic E-state index is -0.250. The van der Waals surface area contributed by atoms with Crippen LogP contribution in [0.2, 0.25) is 0 Å². The zero-order valence-corrected chi connectivity index (χ0v) is 4.39. The molecule has 0 aromatic carbocycles. The van der Waals surface area contributed by atoms with E-state index in [2.05, 4.69) is 6.58 Å². The van der Waals surface area contributed by atoms with Crippen LogP contribution in [0.3, 0.4) is 0 Å². The second kappa shape index (κ2) is 17.3. The molecule has 0 heterocycles. The molecule has 42 valence electrons. The van der Waals surface area contributed by atoms with Gasteiger partial charge >= 0.3 is 0 Å². The summed E-state index contributed by atoms with van der Waals surface area (Å²) in [4.78, 5) is 9.06. The first-order valence-electron chi connectivity index (χ1n) is 1.34. The van der Waals surface area contributed by atoms with Crippen LogP contribution in [0.15, 0.2) is 12.7 Å². The lowest BCUT2D eigenvalue weighted by atomic mass is 10.8. The van der Waals surface area contributed by atoms with Crippen LogP contribution in [0, 0.1) is 0 Å². The summed E-state index contributed by atoms with van der Waals surface area (Å²) < 4.78 is 14.1. The highest BCUT2D eigenvalue weighted by atomic mass is 32.2. The third-order valence-electron chi connectivity index (χ3n) is 0.0962. The molecular weight excluding hydrogens is 116 g/mol. The van der Waals surface area contributed by atoms with Crippen LogP contribution in [0.1, 0.15) is 0 Å². The van der Waals surface area contributed by atoms with Crippen molar-refractivity contribution < 1.29 is 13.9 Å². The van der Waals surface area contributed by atoms with Gasteiger partial charge in [-0.3, -0.25) is 4.79 Å². The van der Waals surface area contributed by atoms with E-state index < -0.39 is 0 Å². The number of allylic oxidation sites excluding steroid dienone is 1. The summed E-state index contributed by atoms with van der Waals surface area (Å²) in [6.07, 6.45) is 1.83. The molecular formula is C3H6O3S. The van der Waals surface area contributed by atoms with Gasteiger partial charge < -0.3 is 9.11 Å². The Morgan fingerprint density at radius 3 is 1.71 bits per heavy atom. The number of hydrogen-bond acceptors (Lipinski definition) is 4. The van der Waals surface area contributed by atoms with E-state index in [9.17, 15) is 0 Å². The minimum Gasteiger partial charge on any atom is -0.307 e. The molecule has 0 aliphatic carbocycles. The summed E-state index contributed by atoms with van der Waals surface area (Å²) in [6, 6.07) is 0. The SMILES string of the molecule is C=CC=O.OSO. The Kier molecular flexibility index (Phi) is 24.3. The third-order valence-corrected chi connectivity index (χ3v) is 0.0962. The van der Waals surface area contributed by atoms with E-state index in [0.717, 1.165) is 0 Å². The van der Waals surface area contributed by atoms with E-state index in [1.54, 1.807) is 0 Å². The molecule has 0 aliphatic rings. The van der Waals surface area contributed by atoms with Gasteiger partial charge in [0.1, 0.15) is 6.29 Å². The lowest BCUT2D eigenvalue weighted by Crippen LogP contribution is -1.44. The third kappa shape index (κ3) is 166. The molecule has 0 saturated heterocycles. The van der Waals surface area contributed by atoms with E-state index in [0.29, 0.717) is 6.29 Å². The first-order chi connectivity index (χ1) is 3.33. The van der Waals surface area contributed by atoms with E-state index in [4.69, 9.17) is 13.9 Å². The van der Waals surface area contributed by atoms with Gasteiger partial charge in [-0.2, -0.15) is 0 Å². The first-order valence-corrected chi connectivity index (χ1v) is 2.07. The Labute approximate surface area is 46.1 Å². The predicted octanol–water partition coefficient (Wildman–Crippen LogP) is 1.04. The Morgan fingerprint density at radius 2 is 1.71 bits per heavy atom. The fourth-order valence-electron chi connectivity index (χ4n) is 0. The number of aldehydes is 1. The van der Waals surface area contributed by atoms with Crippen LogP contribution >= 0.6 is 12.3 Å². The van der Waals surface area contributed by atoms with Crippen molar-refractivity contribution >= 4 is 18.6 Å². The second-order valence-electron chi connectivity index (χ2n) is 0.453. The van der Waals surface area contributed by atoms with Gasteiger partial charge in [0.15, 0.2) is 12.3 Å². The molecule has 0 aliphatic heterocycles. The standard InChI is InChI=1S/C3H4O.H2O2S/c1-2-3-4;1-3-2/h2-3H,1H2;1-2H. The number of carbonyl (C=O) groups excluding carboxylic acids is 1. The van der Waals surface area contributed by atoms with Crippen molar-refractivity contribution in [3.05, 3.63) is 12.7 Å². The number of hydrogen-bond donors (Lipinski definition) is 2. The Hall–Kier alpha value is -0.320. The Bertz CT molecular complexity index is 39.4. The zero-order chi connectivity index (χ0) is 6.12. The van der Waals surface area contributed by atoms with Gasteiger partial charge in [0.2, 0.25) is 0 Å². The largest absolute Gasteiger partial charge is 0.307 e. The molecule has 0 saturated carbocycles. The van der Waals surface area contributed by atoms with Crippen LogP contribution < -0.4 is 0 Å². The highest BCUT2D eigenvalue weighted by Crippen LogP contribution is 1.67. The maximum absolute atomic E-state index is 9.06. The highest BCUT2D eigenvalue weighted by Gasteiger charge is 1.38. The Balaban J connectivity index is 0. The first kappa shape index (κ1) is 9.84. The zero-order valence-electron chi connectivity index (χ0n) is 3.57. The molecule has 3 nitrogen and oxygen atoms in total. The molecule has 0 rings (SSSR count). The highest BCUT2D eigenvalue weighted by molar-refractivity contribution is 7.87. The molecule has 7 heavy (non-hydrogen) atoms. The van der Waals surface area contributed by atoms with Crippen LogP contribution in [0.5, 0.6) is 0 Å². The molecule has 0 radical (unpaired) electrons. The van der Waals surface area contributed by atoms with Gasteiger partial charge in [0.05, 0.1) is 0 Å². The van der Waals surface area contributed by atoms with Crippen molar-refractivity contribution in [1.82, 2.24) is 0 Å². The average molecular weight is 122 g/mol. The maximum Gasteiger partial charge on any atom is 0.152 e. The minimum absolute atomic E-state index is 0.250. The normalized spacial score (nSPS) is 5.43. The van der Waals surface area contributed by atoms with Gasteiger partial charge in [-0.1, -0.05) is 6.58 Å². The fraction of sp³-hybridized carbons (Fsp3) is 0. The van der Waals surface area contributed by atoms with Gasteiger partial charge in [0, 0.05) is 0 Å². The summed E-state index contributed by atoms with van der Waals surface area (Å²) in [5, 5.41) is 0. The monoisotopic (exact) mass is 122 g/mol. The van der Waals surface area contributed by atoms with Crippen LogP contribution in [-0.4, -0.2) is 15.4 Å². The van der Waals surface area contributed by atoms with Gasteiger partial charge in [-0.25, -0.2) is 0 Å². The number of rotatable bonds is 1. The summed E-state index contributed by atoms with van der Waals surface area (Å²) in [6.45, 7) is 3.11. The van der Waals surface area contributed by atoms with Crippen LogP contribution in [0.4, 0.5) is 0 Å². The van der Waals surface area contributed by atoms with Crippen molar-refractivity contribution in [1.29, 1.82) is 0 Å². The van der Waals surface area contributed by atoms with Crippen molar-refractivity contribution in [2.75, 3.05) is 0 Å². The average Bonchev–Trinajstić information content (AvgIpc) is 1.69. The lowest BCUT2D eigenvalue weighted by molar-refractivity contribution is -0.104. The second-order valence-corrected chi connectivity index (χ2v) is 0.617. The van der Waals surface area contributed by atoms with Gasteiger partial charge in [-0.05, 0) is 6.08 Å². The molecule has 0 aromatic rings. The summed E-state index contributed by atoms with van der Waals surface area (Å²) >= 11 is -0.250. The van der Waals surface area contributed by atoms with Crippen LogP contribution in [0.25, 0.3) is 0 Å². The molecule has 0 amide bonds. The fourth-order valence-corrected chi connectivity index (χ4v) is 0. The topological polar surface area (TPSA) is 57.5 Å². The van der Waals surface area contributed by atoms with E-state index in [1.807, 2.05) is 0 Å². The predicted molar refractivity (Wildman–Crippen MR) is 29.1 cm³/mol. The van der Waals surface area contributed by atoms with E-state index in [1.165, 1.54) is 6.08 Å². The molecule has 2 N–H and O–H groups in total. The van der Waals surface area contributed by atoms with Crippen molar-refractivity contribution in [3.8, 4) is 0 Å². The summed E-state index contributed by atoms with van der Waals surface area (Å²) in [7, 11) is 0. The summed E-state index contributed by atoms with van der Waals surface area (Å²) in [5.41, 5.74) is 0. The molecule has 0 bridgehead atoms. The van der Waals surface area contributed by atoms with Gasteiger partial charge in [-0.15, -0.1) is 0 Å². The quantitative estimate of drug-likeness (QED) is 0.310. The van der Waals surface area contributed by atoms with Gasteiger partial charge in [0.25, 0.3) is 0 Å². The maximum atomic E-state index is 9.06. The molecule has 0 unspecified atom stereocenters. The van der Waals surface area contributed by atoms with E-state index >= 15 is 0 Å². The van der Waals surface area contributed by atoms with Crippen LogP contribution in [-0.2, 0) is 4.79 Å².